The van der Waals surface area contributed by atoms with Crippen molar-refractivity contribution in [1.29, 1.82) is 0 Å². The van der Waals surface area contributed by atoms with Crippen molar-refractivity contribution in [2.24, 2.45) is 5.92 Å². The lowest BCUT2D eigenvalue weighted by Crippen LogP contribution is -2.29. The van der Waals surface area contributed by atoms with Gasteiger partial charge in [-0.25, -0.2) is 0 Å². The summed E-state index contributed by atoms with van der Waals surface area (Å²) < 4.78 is 12.1. The van der Waals surface area contributed by atoms with Gasteiger partial charge in [0.2, 0.25) is 5.24 Å². The summed E-state index contributed by atoms with van der Waals surface area (Å²) in [7, 11) is 3.44. The lowest BCUT2D eigenvalue weighted by Gasteiger charge is -2.44. The van der Waals surface area contributed by atoms with E-state index in [1.807, 2.05) is 13.0 Å². The van der Waals surface area contributed by atoms with Gasteiger partial charge in [-0.15, -0.1) is 0 Å². The predicted molar refractivity (Wildman–Crippen MR) is 123 cm³/mol. The molecule has 2 bridgehead atoms. The second kappa shape index (κ2) is 7.42. The van der Waals surface area contributed by atoms with Crippen LogP contribution in [0.5, 0.6) is 11.5 Å². The molecule has 2 aromatic carbocycles. The second-order valence-electron chi connectivity index (χ2n) is 8.37. The van der Waals surface area contributed by atoms with Gasteiger partial charge in [-0.05, 0) is 53.6 Å². The lowest BCUT2D eigenvalue weighted by molar-refractivity contribution is -0.114. The molecule has 4 heteroatoms. The maximum Gasteiger partial charge on any atom is 0.225 e. The van der Waals surface area contributed by atoms with Crippen LogP contribution in [0, 0.1) is 5.92 Å². The molecule has 0 spiro atoms. The first kappa shape index (κ1) is 20.1. The molecule has 158 valence electrons. The quantitative estimate of drug-likeness (QED) is 0.557. The fraction of sp³-hybridized carbons (Fsp3) is 0.296. The Balaban J connectivity index is 1.89. The minimum atomic E-state index is -0.302. The molecule has 0 radical (unpaired) electrons. The van der Waals surface area contributed by atoms with Gasteiger partial charge in [0.1, 0.15) is 11.5 Å². The Morgan fingerprint density at radius 1 is 1.00 bits per heavy atom. The summed E-state index contributed by atoms with van der Waals surface area (Å²) in [5.74, 6) is 1.54. The highest BCUT2D eigenvalue weighted by molar-refractivity contribution is 6.64. The SMILES string of the molecule is C=CC1=C(/C=C\C)C2c3ccccc3C1c1c(OC)c3c(c(OC)c12)CC(C(=O)Cl)C3. The largest absolute Gasteiger partial charge is 0.496 e. The molecule has 31 heavy (non-hydrogen) atoms. The van der Waals surface area contributed by atoms with Crippen molar-refractivity contribution in [2.75, 3.05) is 14.2 Å². The Hall–Kier alpha value is -2.78. The number of allylic oxidation sites excluding steroid dienone is 5. The topological polar surface area (TPSA) is 35.5 Å². The first-order chi connectivity index (χ1) is 15.1. The molecule has 6 rings (SSSR count). The second-order valence-corrected chi connectivity index (χ2v) is 8.74. The average molecular weight is 433 g/mol. The van der Waals surface area contributed by atoms with E-state index in [-0.39, 0.29) is 23.0 Å². The number of ether oxygens (including phenoxy) is 2. The highest BCUT2D eigenvalue weighted by Crippen LogP contribution is 2.63. The third-order valence-corrected chi connectivity index (χ3v) is 7.35. The molecule has 0 amide bonds. The zero-order chi connectivity index (χ0) is 21.9. The maximum absolute atomic E-state index is 12.0. The van der Waals surface area contributed by atoms with Gasteiger partial charge in [0.15, 0.2) is 0 Å². The van der Waals surface area contributed by atoms with Crippen LogP contribution < -0.4 is 9.47 Å². The van der Waals surface area contributed by atoms with Crippen molar-refractivity contribution in [3.63, 3.8) is 0 Å². The molecule has 2 aromatic rings. The van der Waals surface area contributed by atoms with Crippen LogP contribution in [-0.4, -0.2) is 19.5 Å². The van der Waals surface area contributed by atoms with Gasteiger partial charge in [-0.1, -0.05) is 49.1 Å². The molecule has 0 N–H and O–H groups in total. The molecule has 3 atom stereocenters. The molecule has 0 saturated heterocycles. The summed E-state index contributed by atoms with van der Waals surface area (Å²) in [5.41, 5.74) is 9.44. The van der Waals surface area contributed by atoms with Crippen molar-refractivity contribution in [2.45, 2.75) is 31.6 Å². The van der Waals surface area contributed by atoms with E-state index < -0.39 is 0 Å². The lowest BCUT2D eigenvalue weighted by atomic mass is 9.60. The molecular weight excluding hydrogens is 408 g/mol. The van der Waals surface area contributed by atoms with Gasteiger partial charge >= 0.3 is 0 Å². The zero-order valence-electron chi connectivity index (χ0n) is 18.0. The van der Waals surface area contributed by atoms with E-state index in [2.05, 4.69) is 43.0 Å². The third-order valence-electron chi connectivity index (χ3n) is 7.04. The van der Waals surface area contributed by atoms with Crippen LogP contribution in [0.15, 0.2) is 60.2 Å². The Morgan fingerprint density at radius 2 is 1.52 bits per heavy atom. The van der Waals surface area contributed by atoms with Crippen LogP contribution in [0.3, 0.4) is 0 Å². The minimum Gasteiger partial charge on any atom is -0.496 e. The van der Waals surface area contributed by atoms with E-state index in [0.717, 1.165) is 33.8 Å². The van der Waals surface area contributed by atoms with Crippen LogP contribution in [0.25, 0.3) is 0 Å². The van der Waals surface area contributed by atoms with Gasteiger partial charge in [0.25, 0.3) is 0 Å². The summed E-state index contributed by atoms with van der Waals surface area (Å²) in [4.78, 5) is 12.0. The summed E-state index contributed by atoms with van der Waals surface area (Å²) >= 11 is 5.93. The minimum absolute atomic E-state index is 0.0137. The molecule has 4 aliphatic rings. The Labute approximate surface area is 188 Å². The molecule has 0 heterocycles. The van der Waals surface area contributed by atoms with Crippen LogP contribution in [0.4, 0.5) is 0 Å². The number of fused-ring (bicyclic) bond motifs is 1. The smallest absolute Gasteiger partial charge is 0.225 e. The Bertz CT molecular complexity index is 1190. The van der Waals surface area contributed by atoms with Gasteiger partial charge in [-0.3, -0.25) is 4.79 Å². The summed E-state index contributed by atoms with van der Waals surface area (Å²) in [6.45, 7) is 6.20. The summed E-state index contributed by atoms with van der Waals surface area (Å²) in [6.07, 6.45) is 7.42. The van der Waals surface area contributed by atoms with E-state index in [4.69, 9.17) is 21.1 Å². The standard InChI is InChI=1S/C27H25ClO3/c1-5-9-16-15(6-2)21-17-10-7-8-11-18(17)22(16)24-23(21)25(30-3)19-12-14(27(28)29)13-20(19)26(24)31-4/h5-11,14,21-22H,2,12-13H2,1,3-4H3/b9-5-. The van der Waals surface area contributed by atoms with E-state index in [0.29, 0.717) is 12.8 Å². The molecule has 0 aromatic heterocycles. The average Bonchev–Trinajstić information content (AvgIpc) is 3.23. The highest BCUT2D eigenvalue weighted by Gasteiger charge is 2.47. The number of carbonyl (C=O) groups excluding carboxylic acids is 1. The first-order valence-corrected chi connectivity index (χ1v) is 11.0. The van der Waals surface area contributed by atoms with Crippen molar-refractivity contribution in [3.8, 4) is 11.5 Å². The van der Waals surface area contributed by atoms with Gasteiger partial charge < -0.3 is 9.47 Å². The van der Waals surface area contributed by atoms with Gasteiger partial charge in [0.05, 0.1) is 14.2 Å². The van der Waals surface area contributed by atoms with Crippen molar-refractivity contribution in [3.05, 3.63) is 93.6 Å². The number of rotatable bonds is 5. The van der Waals surface area contributed by atoms with Crippen molar-refractivity contribution >= 4 is 16.8 Å². The molecule has 4 aliphatic carbocycles. The Morgan fingerprint density at radius 3 is 1.94 bits per heavy atom. The van der Waals surface area contributed by atoms with Gasteiger partial charge in [-0.2, -0.15) is 0 Å². The highest BCUT2D eigenvalue weighted by atomic mass is 35.5. The third kappa shape index (κ3) is 2.62. The number of methoxy groups -OCH3 is 2. The molecular formula is C27H25ClO3. The van der Waals surface area contributed by atoms with Crippen LogP contribution in [-0.2, 0) is 17.6 Å². The Kier molecular flexibility index (Phi) is 4.82. The molecule has 3 unspecified atom stereocenters. The number of hydrogen-bond acceptors (Lipinski definition) is 3. The van der Waals surface area contributed by atoms with Crippen LogP contribution in [0.2, 0.25) is 0 Å². The summed E-state index contributed by atoms with van der Waals surface area (Å²) in [6, 6.07) is 8.60. The predicted octanol–water partition coefficient (Wildman–Crippen LogP) is 5.83. The van der Waals surface area contributed by atoms with E-state index in [1.54, 1.807) is 14.2 Å². The van der Waals surface area contributed by atoms with E-state index >= 15 is 0 Å². The summed E-state index contributed by atoms with van der Waals surface area (Å²) in [5, 5.41) is -0.302. The van der Waals surface area contributed by atoms with Crippen molar-refractivity contribution in [1.82, 2.24) is 0 Å². The maximum atomic E-state index is 12.0. The molecule has 0 saturated carbocycles. The van der Waals surface area contributed by atoms with E-state index in [9.17, 15) is 4.79 Å². The van der Waals surface area contributed by atoms with Crippen LogP contribution in [0.1, 0.15) is 52.1 Å². The zero-order valence-corrected chi connectivity index (χ0v) is 18.8. The first-order valence-electron chi connectivity index (χ1n) is 10.6. The van der Waals surface area contributed by atoms with Crippen LogP contribution >= 0.6 is 11.6 Å². The molecule has 0 fully saturated rings. The number of carbonyl (C=O) groups is 1. The number of halogens is 1. The number of benzene rings is 2. The number of hydrogen-bond donors (Lipinski definition) is 0. The molecule has 3 nitrogen and oxygen atoms in total. The monoisotopic (exact) mass is 432 g/mol. The fourth-order valence-corrected chi connectivity index (χ4v) is 6.13. The van der Waals surface area contributed by atoms with Crippen molar-refractivity contribution < 1.29 is 14.3 Å². The molecule has 0 aliphatic heterocycles. The normalized spacial score (nSPS) is 22.9. The van der Waals surface area contributed by atoms with E-state index in [1.165, 1.54) is 22.3 Å². The van der Waals surface area contributed by atoms with Gasteiger partial charge in [0, 0.05) is 40.0 Å². The fourth-order valence-electron chi connectivity index (χ4n) is 5.98.